The highest BCUT2D eigenvalue weighted by Gasteiger charge is 2.35. The maximum Gasteiger partial charge on any atom is 0.264 e. The van der Waals surface area contributed by atoms with Gasteiger partial charge < -0.3 is 15.0 Å². The second kappa shape index (κ2) is 9.59. The zero-order valence-electron chi connectivity index (χ0n) is 21.2. The first-order valence-electron chi connectivity index (χ1n) is 12.6. The van der Waals surface area contributed by atoms with Crippen molar-refractivity contribution >= 4 is 16.9 Å². The van der Waals surface area contributed by atoms with Crippen LogP contribution in [0.25, 0.3) is 28.0 Å². The molecule has 0 bridgehead atoms. The zero-order chi connectivity index (χ0) is 27.1. The van der Waals surface area contributed by atoms with Gasteiger partial charge in [0.25, 0.3) is 11.5 Å². The fraction of sp³-hybridized carbons (Fsp3) is 0.250. The summed E-state index contributed by atoms with van der Waals surface area (Å²) in [6.07, 6.45) is 5.29. The smallest absolute Gasteiger partial charge is 0.264 e. The van der Waals surface area contributed by atoms with E-state index in [4.69, 9.17) is 0 Å². The molecule has 4 heterocycles. The van der Waals surface area contributed by atoms with Gasteiger partial charge in [-0.3, -0.25) is 14.2 Å². The van der Waals surface area contributed by atoms with Gasteiger partial charge >= 0.3 is 0 Å². The minimum absolute atomic E-state index is 0.0524. The van der Waals surface area contributed by atoms with Crippen LogP contribution in [0.5, 0.6) is 0 Å². The number of piperidine rings is 1. The Hall–Kier alpha value is -4.64. The van der Waals surface area contributed by atoms with Crippen LogP contribution >= 0.6 is 0 Å². The second-order valence-electron chi connectivity index (χ2n) is 9.92. The fourth-order valence-corrected chi connectivity index (χ4v) is 4.98. The molecule has 2 aromatic carbocycles. The quantitative estimate of drug-likeness (QED) is 0.362. The summed E-state index contributed by atoms with van der Waals surface area (Å²) < 4.78 is 16.2. The van der Waals surface area contributed by atoms with Gasteiger partial charge in [-0.2, -0.15) is 5.10 Å². The minimum Gasteiger partial charge on any atom is -0.388 e. The van der Waals surface area contributed by atoms with E-state index in [0.717, 1.165) is 22.8 Å². The summed E-state index contributed by atoms with van der Waals surface area (Å²) in [4.78, 5) is 39.6. The molecule has 0 unspecified atom stereocenters. The number of hydrogen-bond donors (Lipinski definition) is 2. The molecule has 0 saturated carbocycles. The topological polar surface area (TPSA) is 122 Å². The van der Waals surface area contributed by atoms with Crippen molar-refractivity contribution in [2.75, 3.05) is 13.1 Å². The Labute approximate surface area is 222 Å². The summed E-state index contributed by atoms with van der Waals surface area (Å²) in [5.74, 6) is 0.220. The number of fused-ring (bicyclic) bond motifs is 1. The average molecular weight is 528 g/mol. The average Bonchev–Trinajstić information content (AvgIpc) is 3.58. The SMILES string of the molecule is Cc1ncc(-c2ccc(-n3ncc4c(=O)n(CC5(O)CCN(C(=O)c6ccc(F)cc6)CC5)cnc43)cc2)[nH]1. The van der Waals surface area contributed by atoms with Gasteiger partial charge in [-0.15, -0.1) is 0 Å². The normalized spacial score (nSPS) is 15.1. The number of imidazole rings is 1. The van der Waals surface area contributed by atoms with Crippen LogP contribution in [0.3, 0.4) is 0 Å². The number of nitrogens with zero attached hydrogens (tertiary/aromatic N) is 6. The van der Waals surface area contributed by atoms with E-state index < -0.39 is 11.4 Å². The van der Waals surface area contributed by atoms with Crippen molar-refractivity contribution in [3.63, 3.8) is 0 Å². The molecule has 39 heavy (non-hydrogen) atoms. The molecule has 1 saturated heterocycles. The molecule has 198 valence electrons. The summed E-state index contributed by atoms with van der Waals surface area (Å²) in [5.41, 5.74) is 2.00. The summed E-state index contributed by atoms with van der Waals surface area (Å²) in [5, 5.41) is 16.0. The first-order chi connectivity index (χ1) is 18.8. The number of nitrogens with one attached hydrogen (secondary N) is 1. The highest BCUT2D eigenvalue weighted by Crippen LogP contribution is 2.26. The lowest BCUT2D eigenvalue weighted by atomic mass is 9.91. The van der Waals surface area contributed by atoms with Crippen molar-refractivity contribution in [3.05, 3.63) is 94.8 Å². The molecular weight excluding hydrogens is 501 g/mol. The minimum atomic E-state index is -1.17. The Morgan fingerprint density at radius 3 is 2.44 bits per heavy atom. The van der Waals surface area contributed by atoms with Gasteiger partial charge in [0.15, 0.2) is 5.65 Å². The molecule has 10 nitrogen and oxygen atoms in total. The van der Waals surface area contributed by atoms with Crippen molar-refractivity contribution in [1.29, 1.82) is 0 Å². The molecule has 3 aromatic heterocycles. The Morgan fingerprint density at radius 2 is 1.77 bits per heavy atom. The lowest BCUT2D eigenvalue weighted by molar-refractivity contribution is -0.0299. The molecule has 0 radical (unpaired) electrons. The number of aliphatic hydroxyl groups is 1. The lowest BCUT2D eigenvalue weighted by Gasteiger charge is -2.38. The molecule has 0 aliphatic carbocycles. The molecule has 1 aliphatic heterocycles. The van der Waals surface area contributed by atoms with Gasteiger partial charge in [0.05, 0.1) is 35.9 Å². The summed E-state index contributed by atoms with van der Waals surface area (Å²) in [6.45, 7) is 2.59. The van der Waals surface area contributed by atoms with Gasteiger partial charge in [-0.1, -0.05) is 12.1 Å². The van der Waals surface area contributed by atoms with Gasteiger partial charge in [0.2, 0.25) is 0 Å². The fourth-order valence-electron chi connectivity index (χ4n) is 4.98. The van der Waals surface area contributed by atoms with E-state index in [9.17, 15) is 19.1 Å². The Balaban J connectivity index is 1.17. The molecule has 0 spiro atoms. The summed E-state index contributed by atoms with van der Waals surface area (Å²) in [6, 6.07) is 13.1. The van der Waals surface area contributed by atoms with E-state index in [0.29, 0.717) is 42.5 Å². The van der Waals surface area contributed by atoms with Crippen molar-refractivity contribution in [1.82, 2.24) is 34.2 Å². The van der Waals surface area contributed by atoms with Crippen LogP contribution in [0.4, 0.5) is 4.39 Å². The highest BCUT2D eigenvalue weighted by atomic mass is 19.1. The standard InChI is InChI=1S/C28H26FN7O3/c1-18-30-15-24(33-18)19-4-8-22(9-5-19)36-25-23(14-32-36)27(38)35(17-31-25)16-28(39)10-12-34(13-11-28)26(37)20-2-6-21(29)7-3-20/h2-9,14-15,17,39H,10-13,16H2,1H3,(H,30,33). The third kappa shape index (κ3) is 4.72. The Kier molecular flexibility index (Phi) is 6.07. The maximum absolute atomic E-state index is 13.3. The van der Waals surface area contributed by atoms with Crippen LogP contribution in [0.2, 0.25) is 0 Å². The van der Waals surface area contributed by atoms with Crippen LogP contribution in [0.15, 0.2) is 72.0 Å². The highest BCUT2D eigenvalue weighted by molar-refractivity contribution is 5.94. The molecule has 1 aliphatic rings. The van der Waals surface area contributed by atoms with Gasteiger partial charge in [-0.05, 0) is 61.7 Å². The van der Waals surface area contributed by atoms with Crippen molar-refractivity contribution < 1.29 is 14.3 Å². The molecule has 1 amide bonds. The van der Waals surface area contributed by atoms with Gasteiger partial charge in [0, 0.05) is 18.7 Å². The van der Waals surface area contributed by atoms with E-state index in [-0.39, 0.29) is 18.0 Å². The zero-order valence-corrected chi connectivity index (χ0v) is 21.2. The maximum atomic E-state index is 13.3. The molecule has 0 atom stereocenters. The third-order valence-electron chi connectivity index (χ3n) is 7.22. The molecule has 1 fully saturated rings. The number of H-pyrrole nitrogens is 1. The number of amides is 1. The number of likely N-dealkylation sites (tertiary alicyclic amines) is 1. The van der Waals surface area contributed by atoms with E-state index in [1.807, 2.05) is 31.2 Å². The lowest BCUT2D eigenvalue weighted by Crippen LogP contribution is -2.49. The Bertz CT molecular complexity index is 1710. The Morgan fingerprint density at radius 1 is 1.05 bits per heavy atom. The largest absolute Gasteiger partial charge is 0.388 e. The van der Waals surface area contributed by atoms with Crippen LogP contribution in [0.1, 0.15) is 29.0 Å². The monoisotopic (exact) mass is 527 g/mol. The number of benzene rings is 2. The molecular formula is C28H26FN7O3. The van der Waals surface area contributed by atoms with E-state index in [2.05, 4.69) is 20.1 Å². The van der Waals surface area contributed by atoms with Crippen LogP contribution in [-0.2, 0) is 6.54 Å². The predicted molar refractivity (Wildman–Crippen MR) is 142 cm³/mol. The van der Waals surface area contributed by atoms with E-state index >= 15 is 0 Å². The summed E-state index contributed by atoms with van der Waals surface area (Å²) in [7, 11) is 0. The number of halogens is 1. The second-order valence-corrected chi connectivity index (χ2v) is 9.92. The number of aryl methyl sites for hydroxylation is 1. The van der Waals surface area contributed by atoms with Crippen LogP contribution in [0, 0.1) is 12.7 Å². The van der Waals surface area contributed by atoms with E-state index in [1.54, 1.807) is 15.8 Å². The van der Waals surface area contributed by atoms with Crippen molar-refractivity contribution in [3.8, 4) is 16.9 Å². The molecule has 5 aromatic rings. The number of hydrogen-bond acceptors (Lipinski definition) is 6. The molecule has 6 rings (SSSR count). The number of rotatable bonds is 5. The van der Waals surface area contributed by atoms with E-state index in [1.165, 1.54) is 41.4 Å². The number of aromatic amines is 1. The number of carbonyl (C=O) groups is 1. The van der Waals surface area contributed by atoms with Crippen molar-refractivity contribution in [2.24, 2.45) is 0 Å². The van der Waals surface area contributed by atoms with Crippen molar-refractivity contribution in [2.45, 2.75) is 31.9 Å². The first-order valence-corrected chi connectivity index (χ1v) is 12.6. The third-order valence-corrected chi connectivity index (χ3v) is 7.22. The molecule has 2 N–H and O–H groups in total. The predicted octanol–water partition coefficient (Wildman–Crippen LogP) is 3.09. The van der Waals surface area contributed by atoms with Crippen LogP contribution < -0.4 is 5.56 Å². The first kappa shape index (κ1) is 24.7. The van der Waals surface area contributed by atoms with Gasteiger partial charge in [-0.25, -0.2) is 19.0 Å². The summed E-state index contributed by atoms with van der Waals surface area (Å²) >= 11 is 0. The number of aromatic nitrogens is 6. The van der Waals surface area contributed by atoms with Gasteiger partial charge in [0.1, 0.15) is 23.4 Å². The number of carbonyl (C=O) groups excluding carboxylic acids is 1. The van der Waals surface area contributed by atoms with Crippen LogP contribution in [-0.4, -0.2) is 63.9 Å². The molecule has 11 heteroatoms.